The number of sulfonamides is 1. The Morgan fingerprint density at radius 2 is 1.93 bits per heavy atom. The molecule has 0 aliphatic carbocycles. The van der Waals surface area contributed by atoms with Gasteiger partial charge in [-0.15, -0.1) is 0 Å². The molecule has 6 nitrogen and oxygen atoms in total. The molecule has 0 bridgehead atoms. The smallest absolute Gasteiger partial charge is 0.243 e. The van der Waals surface area contributed by atoms with Crippen molar-refractivity contribution >= 4 is 21.6 Å². The van der Waals surface area contributed by atoms with Crippen LogP contribution in [-0.4, -0.2) is 32.8 Å². The normalized spacial score (nSPS) is 14.1. The third kappa shape index (κ3) is 4.76. The fourth-order valence-corrected chi connectivity index (χ4v) is 4.23. The van der Waals surface area contributed by atoms with E-state index >= 15 is 0 Å². The number of carbonyl (C=O) groups excluding carboxylic acids is 1. The first-order valence-corrected chi connectivity index (χ1v) is 10.6. The minimum atomic E-state index is -4.02. The van der Waals surface area contributed by atoms with Crippen molar-refractivity contribution in [3.63, 3.8) is 0 Å². The first-order valence-electron chi connectivity index (χ1n) is 9.17. The van der Waals surface area contributed by atoms with Gasteiger partial charge in [-0.05, 0) is 48.8 Å². The lowest BCUT2D eigenvalue weighted by Crippen LogP contribution is -2.26. The van der Waals surface area contributed by atoms with E-state index in [4.69, 9.17) is 0 Å². The van der Waals surface area contributed by atoms with Crippen LogP contribution in [0, 0.1) is 5.82 Å². The van der Waals surface area contributed by atoms with Crippen molar-refractivity contribution in [1.82, 2.24) is 9.62 Å². The molecule has 0 fully saturated rings. The molecule has 2 aromatic carbocycles. The number of rotatable bonds is 7. The Balaban J connectivity index is 1.76. The predicted molar refractivity (Wildman–Crippen MR) is 106 cm³/mol. The number of hydrogen-bond donors (Lipinski definition) is 2. The molecule has 150 valence electrons. The quantitative estimate of drug-likeness (QED) is 0.742. The van der Waals surface area contributed by atoms with Crippen molar-refractivity contribution in [3.8, 4) is 0 Å². The number of halogens is 1. The maximum atomic E-state index is 14.4. The molecule has 28 heavy (non-hydrogen) atoms. The molecule has 0 spiro atoms. The molecule has 0 saturated carbocycles. The second-order valence-corrected chi connectivity index (χ2v) is 8.70. The predicted octanol–water partition coefficient (Wildman–Crippen LogP) is 2.64. The molecule has 1 aliphatic heterocycles. The highest BCUT2D eigenvalue weighted by atomic mass is 32.2. The molecule has 0 saturated heterocycles. The fraction of sp³-hybridized carbons (Fsp3) is 0.350. The van der Waals surface area contributed by atoms with Gasteiger partial charge in [-0.1, -0.05) is 31.2 Å². The summed E-state index contributed by atoms with van der Waals surface area (Å²) in [6, 6.07) is 10.0. The lowest BCUT2D eigenvalue weighted by Gasteiger charge is -2.18. The van der Waals surface area contributed by atoms with Gasteiger partial charge in [0.25, 0.3) is 0 Å². The summed E-state index contributed by atoms with van der Waals surface area (Å²) in [5.41, 5.74) is 2.83. The maximum Gasteiger partial charge on any atom is 0.243 e. The van der Waals surface area contributed by atoms with Crippen molar-refractivity contribution in [1.29, 1.82) is 0 Å². The van der Waals surface area contributed by atoms with Gasteiger partial charge in [0.1, 0.15) is 10.7 Å². The number of anilines is 1. The van der Waals surface area contributed by atoms with Crippen molar-refractivity contribution in [2.24, 2.45) is 0 Å². The van der Waals surface area contributed by atoms with Crippen molar-refractivity contribution in [2.45, 2.75) is 37.8 Å². The third-order valence-electron chi connectivity index (χ3n) is 4.79. The van der Waals surface area contributed by atoms with Crippen molar-refractivity contribution in [2.75, 3.05) is 18.9 Å². The van der Waals surface area contributed by atoms with Crippen LogP contribution in [0.25, 0.3) is 0 Å². The number of benzene rings is 2. The summed E-state index contributed by atoms with van der Waals surface area (Å²) < 4.78 is 42.1. The van der Waals surface area contributed by atoms with E-state index in [1.54, 1.807) is 0 Å². The number of amides is 1. The van der Waals surface area contributed by atoms with Gasteiger partial charge in [-0.3, -0.25) is 4.79 Å². The molecule has 0 aromatic heterocycles. The van der Waals surface area contributed by atoms with Crippen LogP contribution in [0.4, 0.5) is 10.1 Å². The van der Waals surface area contributed by atoms with E-state index in [-0.39, 0.29) is 18.9 Å². The highest BCUT2D eigenvalue weighted by Gasteiger charge is 2.24. The number of nitrogens with zero attached hydrogens (tertiary/aromatic N) is 1. The largest absolute Gasteiger partial charge is 0.326 e. The summed E-state index contributed by atoms with van der Waals surface area (Å²) >= 11 is 0. The second-order valence-electron chi connectivity index (χ2n) is 6.96. The molecule has 2 N–H and O–H groups in total. The zero-order valence-corrected chi connectivity index (χ0v) is 16.8. The molecular formula is C20H24FN3O3S. The average molecular weight is 405 g/mol. The summed E-state index contributed by atoms with van der Waals surface area (Å²) in [4.78, 5) is 13.2. The van der Waals surface area contributed by atoms with Gasteiger partial charge in [-0.25, -0.2) is 17.5 Å². The summed E-state index contributed by atoms with van der Waals surface area (Å²) in [6.07, 6.45) is 0.640. The Hall–Kier alpha value is -2.29. The topological polar surface area (TPSA) is 78.5 Å². The molecule has 8 heteroatoms. The van der Waals surface area contributed by atoms with E-state index in [1.807, 2.05) is 31.3 Å². The highest BCUT2D eigenvalue weighted by molar-refractivity contribution is 7.89. The van der Waals surface area contributed by atoms with Crippen LogP contribution in [0.3, 0.4) is 0 Å². The third-order valence-corrected chi connectivity index (χ3v) is 6.21. The molecule has 2 aromatic rings. The molecular weight excluding hydrogens is 381 g/mol. The molecule has 1 heterocycles. The van der Waals surface area contributed by atoms with Gasteiger partial charge in [-0.2, -0.15) is 0 Å². The summed E-state index contributed by atoms with van der Waals surface area (Å²) in [5.74, 6) is -1.08. The second kappa shape index (κ2) is 8.38. The lowest BCUT2D eigenvalue weighted by molar-refractivity contribution is -0.116. The number of hydrogen-bond acceptors (Lipinski definition) is 4. The first kappa shape index (κ1) is 20.4. The zero-order chi connectivity index (χ0) is 20.3. The highest BCUT2D eigenvalue weighted by Crippen LogP contribution is 2.28. The van der Waals surface area contributed by atoms with Crippen LogP contribution in [-0.2, 0) is 34.3 Å². The van der Waals surface area contributed by atoms with E-state index < -0.39 is 20.7 Å². The number of aryl methyl sites for hydroxylation is 1. The van der Waals surface area contributed by atoms with Gasteiger partial charge in [0.15, 0.2) is 0 Å². The zero-order valence-electron chi connectivity index (χ0n) is 16.0. The van der Waals surface area contributed by atoms with Crippen LogP contribution in [0.1, 0.15) is 30.0 Å². The van der Waals surface area contributed by atoms with E-state index in [0.29, 0.717) is 17.7 Å². The van der Waals surface area contributed by atoms with E-state index in [2.05, 4.69) is 21.9 Å². The van der Waals surface area contributed by atoms with Crippen LogP contribution < -0.4 is 10.0 Å². The standard InChI is InChI=1S/C20H24FN3O3S/c1-3-24(2)13-15-6-4-5-14(9-15)12-22-28(26,27)19-10-16-7-8-20(25)23-18(16)11-17(19)21/h4-6,9-11,22H,3,7-8,12-13H2,1-2H3,(H,23,25). The Morgan fingerprint density at radius 1 is 1.18 bits per heavy atom. The van der Waals surface area contributed by atoms with E-state index in [9.17, 15) is 17.6 Å². The van der Waals surface area contributed by atoms with Crippen LogP contribution in [0.5, 0.6) is 0 Å². The summed E-state index contributed by atoms with van der Waals surface area (Å²) in [5, 5.41) is 2.57. The molecule has 0 atom stereocenters. The number of fused-ring (bicyclic) bond motifs is 1. The molecule has 0 radical (unpaired) electrons. The summed E-state index contributed by atoms with van der Waals surface area (Å²) in [7, 11) is -2.01. The van der Waals surface area contributed by atoms with Gasteiger partial charge in [0, 0.05) is 25.2 Å². The summed E-state index contributed by atoms with van der Waals surface area (Å²) in [6.45, 7) is 3.81. The van der Waals surface area contributed by atoms with Gasteiger partial charge in [0.05, 0.1) is 0 Å². The van der Waals surface area contributed by atoms with E-state index in [1.165, 1.54) is 6.07 Å². The number of carbonyl (C=O) groups is 1. The lowest BCUT2D eigenvalue weighted by atomic mass is 10.0. The Kier molecular flexibility index (Phi) is 6.12. The minimum absolute atomic E-state index is 0.0687. The molecule has 1 amide bonds. The minimum Gasteiger partial charge on any atom is -0.326 e. The molecule has 1 aliphatic rings. The maximum absolute atomic E-state index is 14.4. The van der Waals surface area contributed by atoms with Crippen molar-refractivity contribution < 1.29 is 17.6 Å². The SMILES string of the molecule is CCN(C)Cc1cccc(CNS(=O)(=O)c2cc3c(cc2F)NC(=O)CC3)c1. The average Bonchev–Trinajstić information content (AvgIpc) is 2.66. The van der Waals surface area contributed by atoms with Crippen LogP contribution >= 0.6 is 0 Å². The van der Waals surface area contributed by atoms with Crippen LogP contribution in [0.2, 0.25) is 0 Å². The van der Waals surface area contributed by atoms with Gasteiger partial charge < -0.3 is 10.2 Å². The fourth-order valence-electron chi connectivity index (χ4n) is 3.10. The van der Waals surface area contributed by atoms with Crippen LogP contribution in [0.15, 0.2) is 41.3 Å². The first-order chi connectivity index (χ1) is 13.3. The van der Waals surface area contributed by atoms with Crippen molar-refractivity contribution in [3.05, 3.63) is 58.9 Å². The Morgan fingerprint density at radius 3 is 2.68 bits per heavy atom. The Bertz CT molecular complexity index is 992. The number of nitrogens with one attached hydrogen (secondary N) is 2. The van der Waals surface area contributed by atoms with Gasteiger partial charge in [0.2, 0.25) is 15.9 Å². The Labute approximate surface area is 164 Å². The molecule has 3 rings (SSSR count). The monoisotopic (exact) mass is 405 g/mol. The van der Waals surface area contributed by atoms with Gasteiger partial charge >= 0.3 is 0 Å². The molecule has 0 unspecified atom stereocenters. The van der Waals surface area contributed by atoms with E-state index in [0.717, 1.165) is 30.3 Å².